The third-order valence-electron chi connectivity index (χ3n) is 4.95. The molecule has 10 nitrogen and oxygen atoms in total. The van der Waals surface area contributed by atoms with Crippen LogP contribution in [0.25, 0.3) is 11.3 Å². The minimum Gasteiger partial charge on any atom is -0.493 e. The molecule has 0 saturated heterocycles. The normalized spacial score (nSPS) is 11.0. The van der Waals surface area contributed by atoms with Crippen LogP contribution in [0, 0.1) is 0 Å². The minimum absolute atomic E-state index is 0.0630. The van der Waals surface area contributed by atoms with Gasteiger partial charge in [0.2, 0.25) is 0 Å². The van der Waals surface area contributed by atoms with Crippen LogP contribution in [0.15, 0.2) is 64.2 Å². The van der Waals surface area contributed by atoms with Crippen LogP contribution >= 0.6 is 34.3 Å². The van der Waals surface area contributed by atoms with Crippen LogP contribution < -0.4 is 19.5 Å². The Hall–Kier alpha value is -3.65. The average Bonchev–Trinajstić information content (AvgIpc) is 3.56. The molecule has 0 aliphatic rings. The summed E-state index contributed by atoms with van der Waals surface area (Å²) in [7, 11) is -0.720. The van der Waals surface area contributed by atoms with E-state index in [9.17, 15) is 18.0 Å². The monoisotopic (exact) mass is 593 g/mol. The number of carbonyl (C=O) groups excluding carboxylic acids is 2. The lowest BCUT2D eigenvalue weighted by molar-refractivity contribution is -0.119. The number of ether oxygens (including phenoxy) is 3. The van der Waals surface area contributed by atoms with Gasteiger partial charge in [0, 0.05) is 16.6 Å². The summed E-state index contributed by atoms with van der Waals surface area (Å²) in [5.74, 6) is -0.176. The Kier molecular flexibility index (Phi) is 8.52. The minimum atomic E-state index is -3.80. The Bertz CT molecular complexity index is 1570. The van der Waals surface area contributed by atoms with Crippen molar-refractivity contribution in [3.8, 4) is 22.8 Å². The summed E-state index contributed by atoms with van der Waals surface area (Å²) in [5, 5.41) is 4.69. The first kappa shape index (κ1) is 27.4. The third kappa shape index (κ3) is 6.61. The zero-order valence-corrected chi connectivity index (χ0v) is 23.1. The Labute approximate surface area is 231 Å². The number of hydrogen-bond acceptors (Lipinski definition) is 10. The van der Waals surface area contributed by atoms with E-state index in [2.05, 4.69) is 15.0 Å². The Morgan fingerprint density at radius 3 is 2.39 bits per heavy atom. The Balaban J connectivity index is 1.30. The van der Waals surface area contributed by atoms with Gasteiger partial charge >= 0.3 is 5.97 Å². The maximum absolute atomic E-state index is 12.4. The number of rotatable bonds is 10. The van der Waals surface area contributed by atoms with Gasteiger partial charge in [-0.3, -0.25) is 14.8 Å². The predicted octanol–water partition coefficient (Wildman–Crippen LogP) is 5.14. The van der Waals surface area contributed by atoms with Crippen molar-refractivity contribution >= 4 is 67.0 Å². The van der Waals surface area contributed by atoms with Crippen molar-refractivity contribution in [2.75, 3.05) is 30.9 Å². The molecular weight excluding hydrogens is 574 g/mol. The molecule has 0 saturated carbocycles. The largest absolute Gasteiger partial charge is 0.493 e. The highest BCUT2D eigenvalue weighted by Gasteiger charge is 2.18. The van der Waals surface area contributed by atoms with Gasteiger partial charge in [-0.05, 0) is 54.6 Å². The molecule has 0 spiro atoms. The number of carbonyl (C=O) groups is 2. The number of amides is 1. The summed E-state index contributed by atoms with van der Waals surface area (Å²) >= 11 is 7.94. The first-order valence-electron chi connectivity index (χ1n) is 10.7. The molecule has 0 unspecified atom stereocenters. The maximum atomic E-state index is 12.4. The number of methoxy groups -OCH3 is 2. The first-order valence-corrected chi connectivity index (χ1v) is 14.3. The third-order valence-corrected chi connectivity index (χ3v) is 8.81. The lowest BCUT2D eigenvalue weighted by Gasteiger charge is -2.08. The molecule has 14 heteroatoms. The van der Waals surface area contributed by atoms with Gasteiger partial charge in [0.15, 0.2) is 23.2 Å². The molecule has 0 radical (unpaired) electrons. The molecule has 4 rings (SSSR count). The number of aromatic nitrogens is 1. The number of halogens is 1. The van der Waals surface area contributed by atoms with Crippen LogP contribution in [0.3, 0.4) is 0 Å². The van der Waals surface area contributed by atoms with E-state index in [1.54, 1.807) is 24.6 Å². The van der Waals surface area contributed by atoms with Gasteiger partial charge in [-0.25, -0.2) is 18.2 Å². The average molecular weight is 594 g/mol. The fourth-order valence-corrected chi connectivity index (χ4v) is 6.43. The van der Waals surface area contributed by atoms with E-state index in [0.717, 1.165) is 16.9 Å². The van der Waals surface area contributed by atoms with E-state index in [1.165, 1.54) is 54.8 Å². The summed E-state index contributed by atoms with van der Waals surface area (Å²) in [6.45, 7) is -0.530. The first-order chi connectivity index (χ1) is 18.2. The molecule has 2 N–H and O–H groups in total. The number of hydrogen-bond donors (Lipinski definition) is 2. The van der Waals surface area contributed by atoms with Crippen LogP contribution in [-0.4, -0.2) is 46.1 Å². The van der Waals surface area contributed by atoms with Crippen LogP contribution in [0.2, 0.25) is 4.34 Å². The van der Waals surface area contributed by atoms with Crippen molar-refractivity contribution < 1.29 is 32.2 Å². The van der Waals surface area contributed by atoms with Crippen LogP contribution in [-0.2, 0) is 19.6 Å². The van der Waals surface area contributed by atoms with E-state index in [0.29, 0.717) is 26.7 Å². The lowest BCUT2D eigenvalue weighted by atomic mass is 10.1. The van der Waals surface area contributed by atoms with Gasteiger partial charge < -0.3 is 14.2 Å². The van der Waals surface area contributed by atoms with Gasteiger partial charge in [0.25, 0.3) is 15.9 Å². The summed E-state index contributed by atoms with van der Waals surface area (Å²) in [4.78, 5) is 29.0. The molecule has 2 aromatic heterocycles. The molecule has 0 aliphatic carbocycles. The molecule has 0 fully saturated rings. The van der Waals surface area contributed by atoms with E-state index in [4.69, 9.17) is 25.8 Å². The second kappa shape index (κ2) is 11.8. The number of anilines is 2. The Morgan fingerprint density at radius 1 is 1.00 bits per heavy atom. The number of nitrogens with one attached hydrogen (secondary N) is 2. The number of esters is 1. The summed E-state index contributed by atoms with van der Waals surface area (Å²) in [6, 6.07) is 13.8. The number of thiophene rings is 1. The van der Waals surface area contributed by atoms with Crippen molar-refractivity contribution in [3.63, 3.8) is 0 Å². The van der Waals surface area contributed by atoms with Crippen molar-refractivity contribution in [3.05, 3.63) is 69.9 Å². The Morgan fingerprint density at radius 2 is 1.74 bits per heavy atom. The lowest BCUT2D eigenvalue weighted by Crippen LogP contribution is -2.20. The van der Waals surface area contributed by atoms with Crippen LogP contribution in [0.4, 0.5) is 10.8 Å². The quantitative estimate of drug-likeness (QED) is 0.242. The zero-order chi connectivity index (χ0) is 27.3. The molecule has 2 aromatic carbocycles. The summed E-state index contributed by atoms with van der Waals surface area (Å²) in [6.07, 6.45) is 0. The van der Waals surface area contributed by atoms with E-state index >= 15 is 0 Å². The van der Waals surface area contributed by atoms with Crippen molar-refractivity contribution in [2.45, 2.75) is 4.21 Å². The molecule has 38 heavy (non-hydrogen) atoms. The van der Waals surface area contributed by atoms with E-state index in [-0.39, 0.29) is 15.5 Å². The van der Waals surface area contributed by atoms with Crippen molar-refractivity contribution in [2.24, 2.45) is 0 Å². The molecule has 2 heterocycles. The smallest absolute Gasteiger partial charge is 0.338 e. The van der Waals surface area contributed by atoms with Crippen molar-refractivity contribution in [1.29, 1.82) is 0 Å². The molecule has 1 amide bonds. The summed E-state index contributed by atoms with van der Waals surface area (Å²) in [5.41, 5.74) is 1.79. The van der Waals surface area contributed by atoms with Crippen LogP contribution in [0.1, 0.15) is 10.4 Å². The van der Waals surface area contributed by atoms with Gasteiger partial charge in [-0.1, -0.05) is 11.6 Å². The molecular formula is C24H20ClN3O7S3. The van der Waals surface area contributed by atoms with Gasteiger partial charge in [0.05, 0.1) is 29.8 Å². The highest BCUT2D eigenvalue weighted by atomic mass is 35.5. The van der Waals surface area contributed by atoms with Gasteiger partial charge in [0.1, 0.15) is 4.21 Å². The predicted molar refractivity (Wildman–Crippen MR) is 146 cm³/mol. The van der Waals surface area contributed by atoms with Crippen molar-refractivity contribution in [1.82, 2.24) is 4.98 Å². The van der Waals surface area contributed by atoms with E-state index in [1.807, 2.05) is 6.07 Å². The molecule has 198 valence electrons. The second-order valence-electron chi connectivity index (χ2n) is 7.47. The fourth-order valence-electron chi connectivity index (χ4n) is 3.15. The van der Waals surface area contributed by atoms with Crippen LogP contribution in [0.5, 0.6) is 11.5 Å². The number of benzene rings is 2. The fraction of sp³-hybridized carbons (Fsp3) is 0.125. The highest BCUT2D eigenvalue weighted by Crippen LogP contribution is 2.33. The van der Waals surface area contributed by atoms with Gasteiger partial charge in [-0.2, -0.15) is 0 Å². The number of nitrogens with zero attached hydrogens (tertiary/aromatic N) is 1. The maximum Gasteiger partial charge on any atom is 0.338 e. The molecule has 0 atom stereocenters. The van der Waals surface area contributed by atoms with Gasteiger partial charge in [-0.15, -0.1) is 22.7 Å². The topological polar surface area (TPSA) is 133 Å². The zero-order valence-electron chi connectivity index (χ0n) is 19.9. The highest BCUT2D eigenvalue weighted by molar-refractivity contribution is 7.94. The molecule has 0 bridgehead atoms. The number of thiazole rings is 1. The number of sulfonamides is 1. The summed E-state index contributed by atoms with van der Waals surface area (Å²) < 4.78 is 43.2. The van der Waals surface area contributed by atoms with E-state index < -0.39 is 28.5 Å². The molecule has 4 aromatic rings. The SMILES string of the molecule is COc1ccc(-c2csc(NC(=O)COC(=O)c3ccc(NS(=O)(=O)c4ccc(Cl)s4)cc3)n2)cc1OC. The standard InChI is InChI=1S/C24H20ClN3O7S3/c1-33-18-8-5-15(11-19(18)34-2)17-13-36-24(26-17)27-21(29)12-35-23(30)14-3-6-16(7-4-14)28-38(31,32)22-10-9-20(25)37-22/h3-11,13,28H,12H2,1-2H3,(H,26,27,29). The molecule has 0 aliphatic heterocycles. The second-order valence-corrected chi connectivity index (χ2v) is 12.0.